The fraction of sp³-hybridized carbons (Fsp3) is 0.367. The van der Waals surface area contributed by atoms with Gasteiger partial charge in [-0.3, -0.25) is 24.0 Å². The summed E-state index contributed by atoms with van der Waals surface area (Å²) in [5.74, 6) is -2.32. The zero-order valence-corrected chi connectivity index (χ0v) is 23.5. The van der Waals surface area contributed by atoms with Gasteiger partial charge in [0, 0.05) is 38.1 Å². The molecule has 12 heteroatoms. The molecule has 0 radical (unpaired) electrons. The van der Waals surface area contributed by atoms with Crippen LogP contribution in [0, 0.1) is 0 Å². The molecule has 2 bridgehead atoms. The first-order valence-electron chi connectivity index (χ1n) is 13.9. The zero-order valence-electron chi connectivity index (χ0n) is 23.5. The van der Waals surface area contributed by atoms with E-state index in [1.165, 1.54) is 23.8 Å². The quantitative estimate of drug-likeness (QED) is 0.351. The number of nitrogens with one attached hydrogen (secondary N) is 4. The van der Waals surface area contributed by atoms with E-state index >= 15 is 0 Å². The highest BCUT2D eigenvalue weighted by Gasteiger charge is 2.38. The summed E-state index contributed by atoms with van der Waals surface area (Å²) in [4.78, 5) is 72.1. The van der Waals surface area contributed by atoms with Crippen LogP contribution < -0.4 is 16.0 Å². The average molecular weight is 575 g/mol. The number of hydrogen-bond donors (Lipinski definition) is 4. The molecule has 12 nitrogen and oxygen atoms in total. The molecular formula is C30H34N6O6. The van der Waals surface area contributed by atoms with Crippen molar-refractivity contribution in [2.75, 3.05) is 33.2 Å². The highest BCUT2D eigenvalue weighted by molar-refractivity contribution is 6.06. The van der Waals surface area contributed by atoms with Crippen LogP contribution in [0.15, 0.2) is 60.8 Å². The average Bonchev–Trinajstić information content (AvgIpc) is 3.48. The number of aromatic nitrogens is 1. The van der Waals surface area contributed by atoms with Crippen molar-refractivity contribution in [3.05, 3.63) is 71.9 Å². The minimum atomic E-state index is -1.11. The molecule has 220 valence electrons. The number of ether oxygens (including phenoxy) is 1. The topological polar surface area (TPSA) is 153 Å². The molecule has 4 atom stereocenters. The van der Waals surface area contributed by atoms with Gasteiger partial charge in [-0.15, -0.1) is 0 Å². The maximum atomic E-state index is 13.7. The number of nitrogens with zero attached hydrogens (tertiary/aromatic N) is 2. The molecule has 42 heavy (non-hydrogen) atoms. The number of hydrogen-bond acceptors (Lipinski definition) is 6. The van der Waals surface area contributed by atoms with Crippen LogP contribution in [0.5, 0.6) is 0 Å². The van der Waals surface area contributed by atoms with Crippen molar-refractivity contribution >= 4 is 40.4 Å². The number of H-pyrrole nitrogens is 1. The molecule has 2 aliphatic rings. The van der Waals surface area contributed by atoms with E-state index in [2.05, 4.69) is 20.9 Å². The van der Waals surface area contributed by atoms with Crippen LogP contribution in [0.1, 0.15) is 22.8 Å². The highest BCUT2D eigenvalue weighted by Crippen LogP contribution is 2.21. The maximum absolute atomic E-state index is 13.7. The van der Waals surface area contributed by atoms with Gasteiger partial charge in [-0.2, -0.15) is 0 Å². The molecule has 0 saturated carbocycles. The standard InChI is InChI=1S/C30H34N6O6/c1-18-27(38)32-14-21-15-36(29(40)22-10-6-9-20-11-12-31-26(20)22)16-24(42-21)28(39)34-23(13-19-7-4-3-5-8-19)30(41)35(2)17-25(37)33-18/h3-12,18,21,23-24,31H,13-17H2,1-2H3,(H,32,38)(H,33,37)(H,34,39)/t18-,21+,23-,24-/m1/s1. The van der Waals surface area contributed by atoms with Crippen LogP contribution in [-0.4, -0.2) is 102 Å². The lowest BCUT2D eigenvalue weighted by atomic mass is 10.0. The van der Waals surface area contributed by atoms with Crippen molar-refractivity contribution in [3.63, 3.8) is 0 Å². The first-order valence-corrected chi connectivity index (χ1v) is 13.9. The van der Waals surface area contributed by atoms with E-state index in [1.807, 2.05) is 42.5 Å². The van der Waals surface area contributed by atoms with Gasteiger partial charge in [-0.25, -0.2) is 0 Å². The first kappa shape index (κ1) is 28.8. The molecule has 3 heterocycles. The van der Waals surface area contributed by atoms with Gasteiger partial charge < -0.3 is 35.5 Å². The molecule has 2 aliphatic heterocycles. The van der Waals surface area contributed by atoms with E-state index in [0.717, 1.165) is 10.9 Å². The van der Waals surface area contributed by atoms with Gasteiger partial charge in [0.1, 0.15) is 12.1 Å². The second-order valence-electron chi connectivity index (χ2n) is 10.7. The normalized spacial score (nSPS) is 24.3. The summed E-state index contributed by atoms with van der Waals surface area (Å²) in [7, 11) is 1.46. The predicted molar refractivity (Wildman–Crippen MR) is 153 cm³/mol. The monoisotopic (exact) mass is 574 g/mol. The van der Waals surface area contributed by atoms with Crippen LogP contribution >= 0.6 is 0 Å². The number of carbonyl (C=O) groups excluding carboxylic acids is 5. The molecule has 0 aliphatic carbocycles. The number of aromatic amines is 1. The SMILES string of the molecule is C[C@H]1NC(=O)CN(C)C(=O)[C@@H](Cc2ccccc2)NC(=O)[C@H]2CN(C(=O)c3cccc4cc[nH]c34)C[C@H](CNC1=O)O2. The molecule has 3 aromatic rings. The molecule has 5 rings (SSSR count). The molecular weight excluding hydrogens is 540 g/mol. The summed E-state index contributed by atoms with van der Waals surface area (Å²) in [5.41, 5.74) is 1.94. The Morgan fingerprint density at radius 2 is 1.74 bits per heavy atom. The Morgan fingerprint density at radius 1 is 0.952 bits per heavy atom. The lowest BCUT2D eigenvalue weighted by Gasteiger charge is -2.38. The lowest BCUT2D eigenvalue weighted by molar-refractivity contribution is -0.148. The Labute approximate surface area is 242 Å². The van der Waals surface area contributed by atoms with E-state index in [-0.39, 0.29) is 38.5 Å². The van der Waals surface area contributed by atoms with Gasteiger partial charge in [-0.05, 0) is 24.6 Å². The lowest BCUT2D eigenvalue weighted by Crippen LogP contribution is -2.59. The van der Waals surface area contributed by atoms with Crippen LogP contribution in [0.2, 0.25) is 0 Å². The van der Waals surface area contributed by atoms with Gasteiger partial charge in [0.2, 0.25) is 17.7 Å². The third kappa shape index (κ3) is 6.44. The summed E-state index contributed by atoms with van der Waals surface area (Å²) in [6.45, 7) is 1.31. The number of morpholine rings is 1. The summed E-state index contributed by atoms with van der Waals surface area (Å²) in [5, 5.41) is 9.03. The van der Waals surface area contributed by atoms with E-state index in [1.54, 1.807) is 18.3 Å². The maximum Gasteiger partial charge on any atom is 0.256 e. The fourth-order valence-electron chi connectivity index (χ4n) is 5.29. The van der Waals surface area contributed by atoms with Gasteiger partial charge in [0.25, 0.3) is 11.8 Å². The van der Waals surface area contributed by atoms with Crippen LogP contribution in [-0.2, 0) is 30.3 Å². The third-order valence-corrected chi connectivity index (χ3v) is 7.49. The van der Waals surface area contributed by atoms with Crippen LogP contribution in [0.4, 0.5) is 0 Å². The molecule has 2 fully saturated rings. The van der Waals surface area contributed by atoms with Crippen molar-refractivity contribution in [2.24, 2.45) is 0 Å². The number of benzene rings is 2. The summed E-state index contributed by atoms with van der Waals surface area (Å²) in [6, 6.07) is 14.6. The van der Waals surface area contributed by atoms with Crippen molar-refractivity contribution in [1.29, 1.82) is 0 Å². The molecule has 0 spiro atoms. The van der Waals surface area contributed by atoms with E-state index in [9.17, 15) is 24.0 Å². The largest absolute Gasteiger partial charge is 0.361 e. The van der Waals surface area contributed by atoms with Gasteiger partial charge >= 0.3 is 0 Å². The number of amides is 5. The highest BCUT2D eigenvalue weighted by atomic mass is 16.5. The minimum Gasteiger partial charge on any atom is -0.361 e. The predicted octanol–water partition coefficient (Wildman–Crippen LogP) is 0.198. The second-order valence-corrected chi connectivity index (χ2v) is 10.7. The Hall–Kier alpha value is -4.71. The number of likely N-dealkylation sites (N-methyl/N-ethyl adjacent to an activating group) is 1. The number of rotatable bonds is 3. The van der Waals surface area contributed by atoms with E-state index < -0.39 is 47.9 Å². The Kier molecular flexibility index (Phi) is 8.53. The molecule has 2 aromatic carbocycles. The van der Waals surface area contributed by atoms with Crippen molar-refractivity contribution in [1.82, 2.24) is 30.7 Å². The zero-order chi connectivity index (χ0) is 29.8. The molecule has 0 unspecified atom stereocenters. The first-order chi connectivity index (χ1) is 20.2. The third-order valence-electron chi connectivity index (χ3n) is 7.49. The Balaban J connectivity index is 1.45. The van der Waals surface area contributed by atoms with Crippen molar-refractivity contribution in [2.45, 2.75) is 37.6 Å². The summed E-state index contributed by atoms with van der Waals surface area (Å²) >= 11 is 0. The molecule has 1 aromatic heterocycles. The van der Waals surface area contributed by atoms with Gasteiger partial charge in [-0.1, -0.05) is 42.5 Å². The summed E-state index contributed by atoms with van der Waals surface area (Å²) < 4.78 is 6.09. The Morgan fingerprint density at radius 3 is 2.52 bits per heavy atom. The number of fused-ring (bicyclic) bond motifs is 3. The van der Waals surface area contributed by atoms with Crippen molar-refractivity contribution in [3.8, 4) is 0 Å². The smallest absolute Gasteiger partial charge is 0.256 e. The van der Waals surface area contributed by atoms with Gasteiger partial charge in [0.15, 0.2) is 6.10 Å². The van der Waals surface area contributed by atoms with Gasteiger partial charge in [0.05, 0.1) is 30.3 Å². The van der Waals surface area contributed by atoms with E-state index in [0.29, 0.717) is 11.1 Å². The van der Waals surface area contributed by atoms with Crippen LogP contribution in [0.25, 0.3) is 10.9 Å². The minimum absolute atomic E-state index is 0.00554. The van der Waals surface area contributed by atoms with Crippen LogP contribution in [0.3, 0.4) is 0 Å². The molecule has 2 saturated heterocycles. The molecule has 5 amide bonds. The fourth-order valence-corrected chi connectivity index (χ4v) is 5.29. The molecule has 4 N–H and O–H groups in total. The second kappa shape index (κ2) is 12.4. The Bertz CT molecular complexity index is 1490. The van der Waals surface area contributed by atoms with Crippen molar-refractivity contribution < 1.29 is 28.7 Å². The number of carbonyl (C=O) groups is 5. The van der Waals surface area contributed by atoms with E-state index in [4.69, 9.17) is 4.74 Å². The number of para-hydroxylation sites is 1. The summed E-state index contributed by atoms with van der Waals surface area (Å²) in [6.07, 6.45) is 0.111.